The maximum atomic E-state index is 14.0. The van der Waals surface area contributed by atoms with E-state index in [1.807, 2.05) is 87.4 Å². The third-order valence-electron chi connectivity index (χ3n) is 6.90. The smallest absolute Gasteiger partial charge is 0.255 e. The van der Waals surface area contributed by atoms with E-state index in [0.717, 1.165) is 16.8 Å². The first-order chi connectivity index (χ1) is 19.8. The lowest BCUT2D eigenvalue weighted by atomic mass is 9.94. The number of carbonyl (C=O) groups excluding carboxylic acids is 1. The van der Waals surface area contributed by atoms with Crippen molar-refractivity contribution in [2.45, 2.75) is 19.9 Å². The number of carbonyl (C=O) groups is 1. The highest BCUT2D eigenvalue weighted by Gasteiger charge is 2.35. The summed E-state index contributed by atoms with van der Waals surface area (Å²) in [5, 5.41) is 11.2. The van der Waals surface area contributed by atoms with Gasteiger partial charge in [-0.1, -0.05) is 18.2 Å². The molecule has 0 radical (unpaired) electrons. The fourth-order valence-electron chi connectivity index (χ4n) is 4.85. The zero-order valence-electron chi connectivity index (χ0n) is 24.1. The molecule has 10 nitrogen and oxygen atoms in total. The predicted molar refractivity (Wildman–Crippen MR) is 160 cm³/mol. The van der Waals surface area contributed by atoms with Crippen molar-refractivity contribution in [2.24, 2.45) is 0 Å². The summed E-state index contributed by atoms with van der Waals surface area (Å²) < 4.78 is 18.6. The van der Waals surface area contributed by atoms with Gasteiger partial charge in [-0.25, -0.2) is 4.68 Å². The van der Waals surface area contributed by atoms with E-state index in [4.69, 9.17) is 24.3 Å². The van der Waals surface area contributed by atoms with E-state index in [1.165, 1.54) is 0 Å². The van der Waals surface area contributed by atoms with E-state index in [9.17, 15) is 4.79 Å². The number of amides is 1. The summed E-state index contributed by atoms with van der Waals surface area (Å²) in [6.07, 6.45) is 0. The number of fused-ring (bicyclic) bond motifs is 1. The van der Waals surface area contributed by atoms with E-state index >= 15 is 0 Å². The van der Waals surface area contributed by atoms with Crippen molar-refractivity contribution in [3.63, 3.8) is 0 Å². The van der Waals surface area contributed by atoms with Gasteiger partial charge < -0.3 is 29.7 Å². The van der Waals surface area contributed by atoms with Gasteiger partial charge in [0, 0.05) is 31.0 Å². The predicted octanol–water partition coefficient (Wildman–Crippen LogP) is 5.35. The molecule has 2 N–H and O–H groups in total. The lowest BCUT2D eigenvalue weighted by Crippen LogP contribution is -2.31. The van der Waals surface area contributed by atoms with Gasteiger partial charge >= 0.3 is 0 Å². The molecule has 1 amide bonds. The fraction of sp³-hybridized carbons (Fsp3) is 0.258. The highest BCUT2D eigenvalue weighted by Crippen LogP contribution is 2.40. The summed E-state index contributed by atoms with van der Waals surface area (Å²) >= 11 is 0. The molecule has 0 saturated heterocycles. The van der Waals surface area contributed by atoms with Crippen molar-refractivity contribution >= 4 is 23.2 Å². The van der Waals surface area contributed by atoms with Gasteiger partial charge in [-0.15, -0.1) is 5.10 Å². The zero-order chi connectivity index (χ0) is 29.1. The highest BCUT2D eigenvalue weighted by molar-refractivity contribution is 6.06. The number of nitrogens with one attached hydrogen (secondary N) is 2. The van der Waals surface area contributed by atoms with Gasteiger partial charge in [-0.05, 0) is 67.9 Å². The average Bonchev–Trinajstić information content (AvgIpc) is 3.40. The van der Waals surface area contributed by atoms with E-state index < -0.39 is 6.04 Å². The van der Waals surface area contributed by atoms with Crippen LogP contribution in [0, 0.1) is 0 Å². The maximum absolute atomic E-state index is 14.0. The fourth-order valence-corrected chi connectivity index (χ4v) is 4.85. The van der Waals surface area contributed by atoms with Crippen molar-refractivity contribution in [2.75, 3.05) is 50.5 Å². The van der Waals surface area contributed by atoms with Crippen LogP contribution in [0.1, 0.15) is 25.5 Å². The molecule has 1 aliphatic rings. The number of ether oxygens (including phenoxy) is 3. The van der Waals surface area contributed by atoms with Gasteiger partial charge in [0.15, 0.2) is 17.3 Å². The van der Waals surface area contributed by atoms with Gasteiger partial charge in [0.1, 0.15) is 11.8 Å². The Bertz CT molecular complexity index is 1590. The lowest BCUT2D eigenvalue weighted by molar-refractivity contribution is -0.113. The number of methoxy groups -OCH3 is 2. The number of hydrogen-bond acceptors (Lipinski definition) is 8. The number of aromatic nitrogens is 3. The number of benzene rings is 3. The minimum Gasteiger partial charge on any atom is -0.495 e. The molecule has 0 fully saturated rings. The van der Waals surface area contributed by atoms with Crippen LogP contribution in [0.2, 0.25) is 0 Å². The number of rotatable bonds is 9. The van der Waals surface area contributed by atoms with Crippen molar-refractivity contribution in [1.82, 2.24) is 14.8 Å². The molecule has 3 aromatic carbocycles. The van der Waals surface area contributed by atoms with Gasteiger partial charge in [-0.3, -0.25) is 4.79 Å². The first-order valence-electron chi connectivity index (χ1n) is 13.3. The summed E-state index contributed by atoms with van der Waals surface area (Å²) in [5.41, 5.74) is 4.42. The van der Waals surface area contributed by atoms with Crippen molar-refractivity contribution in [1.29, 1.82) is 0 Å². The van der Waals surface area contributed by atoms with Crippen molar-refractivity contribution < 1.29 is 19.0 Å². The van der Waals surface area contributed by atoms with Gasteiger partial charge in [-0.2, -0.15) is 4.98 Å². The monoisotopic (exact) mass is 554 g/mol. The number of hydrogen-bond donors (Lipinski definition) is 2. The molecular formula is C31H34N6O4. The SMILES string of the molecule is CCOc1ccc(C2C(C(=O)Nc3ccccc3OC)=C(C)Nc3nc(-c4ccc(N(C)C)cc4)nn32)cc1OC. The molecule has 0 bridgehead atoms. The molecule has 0 aliphatic carbocycles. The van der Waals surface area contributed by atoms with Gasteiger partial charge in [0.2, 0.25) is 5.95 Å². The number of para-hydroxylation sites is 2. The quantitative estimate of drug-likeness (QED) is 0.285. The Morgan fingerprint density at radius 1 is 1.00 bits per heavy atom. The van der Waals surface area contributed by atoms with Crippen LogP contribution in [0.3, 0.4) is 0 Å². The molecule has 10 heteroatoms. The second-order valence-electron chi connectivity index (χ2n) is 9.71. The lowest BCUT2D eigenvalue weighted by Gasteiger charge is -2.29. The van der Waals surface area contributed by atoms with E-state index in [1.54, 1.807) is 31.0 Å². The number of nitrogens with zero attached hydrogens (tertiary/aromatic N) is 4. The molecule has 0 saturated carbocycles. The number of allylic oxidation sites excluding steroid dienone is 1. The first kappa shape index (κ1) is 27.6. The van der Waals surface area contributed by atoms with Gasteiger partial charge in [0.05, 0.1) is 32.1 Å². The Morgan fingerprint density at radius 3 is 2.41 bits per heavy atom. The number of anilines is 3. The van der Waals surface area contributed by atoms with Crippen LogP contribution in [0.4, 0.5) is 17.3 Å². The Kier molecular flexibility index (Phi) is 7.82. The minimum atomic E-state index is -0.604. The molecule has 1 atom stereocenters. The van der Waals surface area contributed by atoms with Crippen LogP contribution in [-0.4, -0.2) is 55.6 Å². The Hall–Kier alpha value is -4.99. The molecular weight excluding hydrogens is 520 g/mol. The van der Waals surface area contributed by atoms with E-state index in [0.29, 0.717) is 52.6 Å². The summed E-state index contributed by atoms with van der Waals surface area (Å²) in [7, 11) is 7.15. The third kappa shape index (κ3) is 5.41. The van der Waals surface area contributed by atoms with Crippen molar-refractivity contribution in [3.05, 3.63) is 83.6 Å². The summed E-state index contributed by atoms with van der Waals surface area (Å²) in [5.74, 6) is 2.52. The summed E-state index contributed by atoms with van der Waals surface area (Å²) in [4.78, 5) is 20.8. The Morgan fingerprint density at radius 2 is 1.73 bits per heavy atom. The van der Waals surface area contributed by atoms with Crippen LogP contribution >= 0.6 is 0 Å². The molecule has 5 rings (SSSR count). The molecule has 1 aromatic heterocycles. The van der Waals surface area contributed by atoms with Crippen LogP contribution in [0.15, 0.2) is 78.0 Å². The molecule has 2 heterocycles. The van der Waals surface area contributed by atoms with Crippen LogP contribution < -0.4 is 29.7 Å². The van der Waals surface area contributed by atoms with Crippen LogP contribution in [-0.2, 0) is 4.79 Å². The second-order valence-corrected chi connectivity index (χ2v) is 9.71. The third-order valence-corrected chi connectivity index (χ3v) is 6.90. The largest absolute Gasteiger partial charge is 0.495 e. The van der Waals surface area contributed by atoms with Gasteiger partial charge in [0.25, 0.3) is 5.91 Å². The zero-order valence-corrected chi connectivity index (χ0v) is 24.1. The Balaban J connectivity index is 1.61. The molecule has 0 spiro atoms. The molecule has 1 unspecified atom stereocenters. The van der Waals surface area contributed by atoms with Crippen molar-refractivity contribution in [3.8, 4) is 28.6 Å². The average molecular weight is 555 g/mol. The minimum absolute atomic E-state index is 0.296. The van der Waals surface area contributed by atoms with Crippen LogP contribution in [0.25, 0.3) is 11.4 Å². The topological polar surface area (TPSA) is 103 Å². The standard InChI is InChI=1S/C31H34N6O4/c1-7-41-25-17-14-21(18-26(25)40-6)28-27(30(38)33-23-10-8-9-11-24(23)39-5)19(2)32-31-34-29(35-37(28)31)20-12-15-22(16-13-20)36(3)4/h8-18,28H,7H2,1-6H3,(H,33,38)(H,32,34,35). The molecule has 212 valence electrons. The van der Waals surface area contributed by atoms with Crippen LogP contribution in [0.5, 0.6) is 17.2 Å². The summed E-state index contributed by atoms with van der Waals surface area (Å²) in [6, 6.07) is 20.4. The van der Waals surface area contributed by atoms with E-state index in [2.05, 4.69) is 10.6 Å². The highest BCUT2D eigenvalue weighted by atomic mass is 16.5. The Labute approximate surface area is 239 Å². The normalized spacial score (nSPS) is 14.1. The maximum Gasteiger partial charge on any atom is 0.255 e. The molecule has 41 heavy (non-hydrogen) atoms. The molecule has 1 aliphatic heterocycles. The summed E-state index contributed by atoms with van der Waals surface area (Å²) in [6.45, 7) is 4.28. The molecule has 4 aromatic rings. The van der Waals surface area contributed by atoms with E-state index in [-0.39, 0.29) is 5.91 Å². The first-order valence-corrected chi connectivity index (χ1v) is 13.3. The second kappa shape index (κ2) is 11.6.